The number of aliphatic carboxylic acids is 2. The Hall–Kier alpha value is -2.61. The Morgan fingerprint density at radius 1 is 1.16 bits per heavy atom. The highest BCUT2D eigenvalue weighted by Crippen LogP contribution is 2.27. The van der Waals surface area contributed by atoms with Gasteiger partial charge in [0.15, 0.2) is 0 Å². The molecular weight excluding hydrogens is 328 g/mol. The number of ether oxygens (including phenoxy) is 1. The van der Waals surface area contributed by atoms with E-state index in [0.717, 1.165) is 12.3 Å². The van der Waals surface area contributed by atoms with E-state index in [1.807, 2.05) is 18.2 Å². The van der Waals surface area contributed by atoms with Crippen molar-refractivity contribution in [2.45, 2.75) is 18.9 Å². The number of hydrogen-bond acceptors (Lipinski definition) is 5. The maximum Gasteiger partial charge on any atom is 0.414 e. The molecule has 1 amide bonds. The van der Waals surface area contributed by atoms with Crippen LogP contribution >= 0.6 is 0 Å². The number of hydrogen-bond donors (Lipinski definition) is 3. The molecule has 25 heavy (non-hydrogen) atoms. The molecule has 1 aromatic carbocycles. The molecule has 1 unspecified atom stereocenters. The lowest BCUT2D eigenvalue weighted by atomic mass is 9.84. The fraction of sp³-hybridized carbons (Fsp3) is 0.471. The number of amides is 1. The number of nitrogens with one attached hydrogen (secondary N) is 1. The first kappa shape index (κ1) is 18.7. The molecule has 136 valence electrons. The van der Waals surface area contributed by atoms with E-state index in [9.17, 15) is 4.79 Å². The van der Waals surface area contributed by atoms with E-state index in [0.29, 0.717) is 17.5 Å². The normalized spacial score (nSPS) is 23.8. The molecule has 3 aliphatic rings. The highest BCUT2D eigenvalue weighted by atomic mass is 16.5. The maximum atomic E-state index is 12.3. The molecular formula is C17H22N2O6. The average Bonchev–Trinajstić information content (AvgIpc) is 2.63. The molecule has 8 heteroatoms. The zero-order valence-electron chi connectivity index (χ0n) is 14.0. The second-order valence-electron chi connectivity index (χ2n) is 6.06. The van der Waals surface area contributed by atoms with Crippen LogP contribution in [0.4, 0.5) is 0 Å². The Bertz CT molecular complexity index is 628. The summed E-state index contributed by atoms with van der Waals surface area (Å²) in [5.41, 5.74) is 0.677. The summed E-state index contributed by atoms with van der Waals surface area (Å²) < 4.78 is 5.16. The topological polar surface area (TPSA) is 116 Å². The third-order valence-electron chi connectivity index (χ3n) is 4.49. The average molecular weight is 350 g/mol. The molecule has 0 spiro atoms. The van der Waals surface area contributed by atoms with Crippen LogP contribution in [0.3, 0.4) is 0 Å². The molecule has 3 N–H and O–H groups in total. The smallest absolute Gasteiger partial charge is 0.414 e. The standard InChI is InChI=1S/C15H20N2O2.C2H2O4/c1-19-13-4-2-3-12(9-13)15(18)16-14-10-17-7-5-11(14)6-8-17;3-1(4)2(5)6/h2-4,9,11,14H,5-8,10H2,1H3,(H,16,18);(H,3,4)(H,5,6). The number of methoxy groups -OCH3 is 1. The molecule has 3 heterocycles. The summed E-state index contributed by atoms with van der Waals surface area (Å²) in [6, 6.07) is 7.63. The number of carbonyl (C=O) groups excluding carboxylic acids is 1. The fourth-order valence-electron chi connectivity index (χ4n) is 3.14. The van der Waals surface area contributed by atoms with Crippen LogP contribution in [0.25, 0.3) is 0 Å². The van der Waals surface area contributed by atoms with Gasteiger partial charge >= 0.3 is 11.9 Å². The number of nitrogens with zero attached hydrogens (tertiary/aromatic N) is 1. The van der Waals surface area contributed by atoms with Gasteiger partial charge in [0.1, 0.15) is 5.75 Å². The minimum Gasteiger partial charge on any atom is -0.497 e. The van der Waals surface area contributed by atoms with Crippen molar-refractivity contribution in [2.75, 3.05) is 26.7 Å². The first-order chi connectivity index (χ1) is 11.9. The van der Waals surface area contributed by atoms with Gasteiger partial charge in [0.2, 0.25) is 0 Å². The molecule has 2 bridgehead atoms. The first-order valence-electron chi connectivity index (χ1n) is 8.04. The summed E-state index contributed by atoms with van der Waals surface area (Å²) in [7, 11) is 1.62. The molecule has 0 aliphatic carbocycles. The van der Waals surface area contributed by atoms with Gasteiger partial charge in [0, 0.05) is 18.2 Å². The maximum absolute atomic E-state index is 12.3. The van der Waals surface area contributed by atoms with E-state index >= 15 is 0 Å². The summed E-state index contributed by atoms with van der Waals surface area (Å²) in [5, 5.41) is 18.0. The van der Waals surface area contributed by atoms with E-state index in [1.165, 1.54) is 25.9 Å². The van der Waals surface area contributed by atoms with Crippen LogP contribution in [0.1, 0.15) is 23.2 Å². The van der Waals surface area contributed by atoms with E-state index in [-0.39, 0.29) is 5.91 Å². The molecule has 0 aromatic heterocycles. The SMILES string of the molecule is COc1cccc(C(=O)NC2CN3CCC2CC3)c1.O=C(O)C(=O)O. The number of carboxylic acids is 2. The van der Waals surface area contributed by atoms with Gasteiger partial charge in [-0.1, -0.05) is 6.07 Å². The Labute approximate surface area is 145 Å². The van der Waals surface area contributed by atoms with Crippen LogP contribution < -0.4 is 10.1 Å². The first-order valence-corrected chi connectivity index (χ1v) is 8.04. The largest absolute Gasteiger partial charge is 0.497 e. The number of fused-ring (bicyclic) bond motifs is 3. The zero-order chi connectivity index (χ0) is 18.4. The Morgan fingerprint density at radius 2 is 1.80 bits per heavy atom. The zero-order valence-corrected chi connectivity index (χ0v) is 14.0. The predicted molar refractivity (Wildman–Crippen MR) is 88.7 cm³/mol. The molecule has 3 fully saturated rings. The molecule has 4 rings (SSSR count). The number of benzene rings is 1. The van der Waals surface area contributed by atoms with Gasteiger partial charge in [-0.3, -0.25) is 4.79 Å². The van der Waals surface area contributed by atoms with E-state index < -0.39 is 11.9 Å². The van der Waals surface area contributed by atoms with Crippen molar-refractivity contribution in [1.82, 2.24) is 10.2 Å². The van der Waals surface area contributed by atoms with Gasteiger partial charge in [-0.2, -0.15) is 0 Å². The monoisotopic (exact) mass is 350 g/mol. The molecule has 0 saturated carbocycles. The van der Waals surface area contributed by atoms with Crippen molar-refractivity contribution in [3.8, 4) is 5.75 Å². The second-order valence-corrected chi connectivity index (χ2v) is 6.06. The lowest BCUT2D eigenvalue weighted by Crippen LogP contribution is -2.57. The predicted octanol–water partition coefficient (Wildman–Crippen LogP) is 0.675. The number of rotatable bonds is 3. The van der Waals surface area contributed by atoms with Crippen LogP contribution in [0.15, 0.2) is 24.3 Å². The van der Waals surface area contributed by atoms with Crippen molar-refractivity contribution in [3.63, 3.8) is 0 Å². The second kappa shape index (κ2) is 8.48. The summed E-state index contributed by atoms with van der Waals surface area (Å²) in [6.45, 7) is 3.38. The van der Waals surface area contributed by atoms with Crippen molar-refractivity contribution >= 4 is 17.8 Å². The van der Waals surface area contributed by atoms with Gasteiger partial charge in [0.05, 0.1) is 7.11 Å². The van der Waals surface area contributed by atoms with Crippen molar-refractivity contribution in [2.24, 2.45) is 5.92 Å². The third-order valence-corrected chi connectivity index (χ3v) is 4.49. The highest BCUT2D eigenvalue weighted by Gasteiger charge is 2.34. The van der Waals surface area contributed by atoms with Crippen LogP contribution in [-0.2, 0) is 9.59 Å². The van der Waals surface area contributed by atoms with Crippen LogP contribution in [0, 0.1) is 5.92 Å². The summed E-state index contributed by atoms with van der Waals surface area (Å²) in [5.74, 6) is -2.26. The van der Waals surface area contributed by atoms with Gasteiger partial charge in [-0.15, -0.1) is 0 Å². The molecule has 1 aromatic rings. The van der Waals surface area contributed by atoms with Crippen molar-refractivity contribution < 1.29 is 29.3 Å². The summed E-state index contributed by atoms with van der Waals surface area (Å²) in [4.78, 5) is 32.9. The Balaban J connectivity index is 0.000000326. The van der Waals surface area contributed by atoms with E-state index in [2.05, 4.69) is 10.2 Å². The number of carbonyl (C=O) groups is 3. The van der Waals surface area contributed by atoms with Crippen LogP contribution in [-0.4, -0.2) is 65.7 Å². The summed E-state index contributed by atoms with van der Waals surface area (Å²) in [6.07, 6.45) is 2.42. The quantitative estimate of drug-likeness (QED) is 0.686. The molecule has 0 radical (unpaired) electrons. The minimum absolute atomic E-state index is 0.0117. The molecule has 3 aliphatic heterocycles. The van der Waals surface area contributed by atoms with E-state index in [4.69, 9.17) is 24.5 Å². The Kier molecular flexibility index (Phi) is 6.35. The summed E-state index contributed by atoms with van der Waals surface area (Å²) >= 11 is 0. The lowest BCUT2D eigenvalue weighted by Gasteiger charge is -2.44. The van der Waals surface area contributed by atoms with Gasteiger partial charge in [-0.05, 0) is 50.0 Å². The van der Waals surface area contributed by atoms with Crippen LogP contribution in [0.2, 0.25) is 0 Å². The molecule has 3 saturated heterocycles. The fourth-order valence-corrected chi connectivity index (χ4v) is 3.14. The highest BCUT2D eigenvalue weighted by molar-refractivity contribution is 6.27. The minimum atomic E-state index is -1.82. The molecule has 8 nitrogen and oxygen atoms in total. The Morgan fingerprint density at radius 3 is 2.28 bits per heavy atom. The van der Waals surface area contributed by atoms with Gasteiger partial charge < -0.3 is 25.2 Å². The molecule has 1 atom stereocenters. The number of piperidine rings is 3. The van der Waals surface area contributed by atoms with Gasteiger partial charge in [0.25, 0.3) is 5.91 Å². The number of carboxylic acid groups (broad SMARTS) is 2. The van der Waals surface area contributed by atoms with Crippen LogP contribution in [0.5, 0.6) is 5.75 Å². The third kappa shape index (κ3) is 5.18. The van der Waals surface area contributed by atoms with Crippen molar-refractivity contribution in [1.29, 1.82) is 0 Å². The van der Waals surface area contributed by atoms with Crippen molar-refractivity contribution in [3.05, 3.63) is 29.8 Å². The van der Waals surface area contributed by atoms with Gasteiger partial charge in [-0.25, -0.2) is 9.59 Å². The lowest BCUT2D eigenvalue weighted by molar-refractivity contribution is -0.159. The van der Waals surface area contributed by atoms with E-state index in [1.54, 1.807) is 13.2 Å².